The first-order valence-electron chi connectivity index (χ1n) is 4.03. The summed E-state index contributed by atoms with van der Waals surface area (Å²) in [5, 5.41) is 14.4. The number of oxime groups is 1. The highest BCUT2D eigenvalue weighted by Crippen LogP contribution is 1.88. The molecule has 1 atom stereocenters. The third kappa shape index (κ3) is 5.46. The smallest absolute Gasteiger partial charge is 0.191 e. The molecule has 0 spiro atoms. The van der Waals surface area contributed by atoms with Gasteiger partial charge in [0.25, 0.3) is 0 Å². The Hall–Kier alpha value is -0.780. The third-order valence-corrected chi connectivity index (χ3v) is 1.83. The van der Waals surface area contributed by atoms with Crippen LogP contribution in [0.3, 0.4) is 0 Å². The molecule has 1 unspecified atom stereocenters. The minimum Gasteiger partial charge on any atom is -0.844 e. The van der Waals surface area contributed by atoms with E-state index in [-0.39, 0.29) is 5.94 Å². The second-order valence-electron chi connectivity index (χ2n) is 2.37. The Balaban J connectivity index is 3.91. The summed E-state index contributed by atoms with van der Waals surface area (Å²) in [7, 11) is -1.09. The zero-order chi connectivity index (χ0) is 10.3. The van der Waals surface area contributed by atoms with E-state index < -0.39 is 16.8 Å². The van der Waals surface area contributed by atoms with E-state index in [1.807, 2.05) is 13.8 Å². The van der Waals surface area contributed by atoms with Gasteiger partial charge in [-0.3, -0.25) is 4.21 Å². The van der Waals surface area contributed by atoms with Gasteiger partial charge in [0.2, 0.25) is 0 Å². The number of amidine groups is 1. The van der Waals surface area contributed by atoms with Crippen LogP contribution in [0.1, 0.15) is 13.8 Å². The fourth-order valence-electron chi connectivity index (χ4n) is 0.708. The molecule has 0 saturated carbocycles. The molecule has 0 aromatic rings. The lowest BCUT2D eigenvalue weighted by Gasteiger charge is -2.25. The van der Waals surface area contributed by atoms with Crippen molar-refractivity contribution in [2.24, 2.45) is 5.16 Å². The molecule has 0 heterocycles. The van der Waals surface area contributed by atoms with E-state index >= 15 is 0 Å². The highest BCUT2D eigenvalue weighted by Gasteiger charge is 1.96. The molecule has 5 nitrogen and oxygen atoms in total. The van der Waals surface area contributed by atoms with Crippen LogP contribution in [0.25, 0.3) is 0 Å². The van der Waals surface area contributed by atoms with Crippen molar-refractivity contribution in [3.8, 4) is 0 Å². The molecule has 78 valence electrons. The zero-order valence-corrected chi connectivity index (χ0v) is 8.97. The fourth-order valence-corrected chi connectivity index (χ4v) is 0.909. The van der Waals surface area contributed by atoms with Crippen LogP contribution in [-0.4, -0.2) is 40.4 Å². The molecule has 0 bridgehead atoms. The molecule has 6 heteroatoms. The summed E-state index contributed by atoms with van der Waals surface area (Å²) in [6.45, 7) is 4.90. The number of hydrogen-bond donors (Lipinski definition) is 0. The number of rotatable bonds is 5. The zero-order valence-electron chi connectivity index (χ0n) is 8.15. The summed E-state index contributed by atoms with van der Waals surface area (Å²) >= 11 is 0. The first-order valence-corrected chi connectivity index (χ1v) is 5.76. The Morgan fingerprint density at radius 3 is 2.46 bits per heavy atom. The Bertz CT molecular complexity index is 192. The molecule has 13 heavy (non-hydrogen) atoms. The summed E-state index contributed by atoms with van der Waals surface area (Å²) in [6.07, 6.45) is 1.48. The van der Waals surface area contributed by atoms with Crippen molar-refractivity contribution in [2.75, 3.05) is 25.3 Å². The highest BCUT2D eigenvalue weighted by molar-refractivity contribution is 7.84. The van der Waals surface area contributed by atoms with Gasteiger partial charge in [-0.1, -0.05) is 5.16 Å². The van der Waals surface area contributed by atoms with E-state index in [2.05, 4.69) is 9.99 Å². The maximum absolute atomic E-state index is 11.1. The first kappa shape index (κ1) is 12.2. The predicted molar refractivity (Wildman–Crippen MR) is 50.4 cm³/mol. The van der Waals surface area contributed by atoms with Crippen molar-refractivity contribution in [3.05, 3.63) is 0 Å². The maximum Gasteiger partial charge on any atom is 0.191 e. The fraction of sp³-hybridized carbons (Fsp3) is 0.857. The minimum absolute atomic E-state index is 0.0347. The molecule has 0 aliphatic rings. The van der Waals surface area contributed by atoms with E-state index in [1.54, 1.807) is 0 Å². The van der Waals surface area contributed by atoms with Crippen LogP contribution in [0.4, 0.5) is 0 Å². The van der Waals surface area contributed by atoms with E-state index in [0.29, 0.717) is 13.1 Å². The standard InChI is InChI=1S/C7H16N2O3S/c1-4-9(5-2)7(10)8-12-6-13(3)11/h4-6H2,1-3H3,(H,8,10)/p-1. The van der Waals surface area contributed by atoms with Crippen LogP contribution in [0.5, 0.6) is 0 Å². The molecular weight excluding hydrogens is 192 g/mol. The van der Waals surface area contributed by atoms with Crippen molar-refractivity contribution < 1.29 is 14.2 Å². The number of nitrogens with zero attached hydrogens (tertiary/aromatic N) is 2. The van der Waals surface area contributed by atoms with Gasteiger partial charge in [0.15, 0.2) is 5.94 Å². The van der Waals surface area contributed by atoms with Crippen LogP contribution in [0.2, 0.25) is 0 Å². The molecule has 0 fully saturated rings. The second-order valence-corrected chi connectivity index (χ2v) is 3.75. The summed E-state index contributed by atoms with van der Waals surface area (Å²) < 4.78 is 10.5. The molecule has 0 radical (unpaired) electrons. The van der Waals surface area contributed by atoms with Crippen LogP contribution in [0.15, 0.2) is 5.16 Å². The Kier molecular flexibility index (Phi) is 6.30. The van der Waals surface area contributed by atoms with Crippen molar-refractivity contribution in [3.63, 3.8) is 0 Å². The summed E-state index contributed by atoms with van der Waals surface area (Å²) in [5.41, 5.74) is 0. The Morgan fingerprint density at radius 2 is 2.08 bits per heavy atom. The number of hydrogen-bond acceptors (Lipinski definition) is 4. The van der Waals surface area contributed by atoms with Gasteiger partial charge < -0.3 is 14.8 Å². The predicted octanol–water partition coefficient (Wildman–Crippen LogP) is -0.688. The highest BCUT2D eigenvalue weighted by atomic mass is 32.2. The molecule has 0 aliphatic carbocycles. The van der Waals surface area contributed by atoms with E-state index in [4.69, 9.17) is 0 Å². The van der Waals surface area contributed by atoms with E-state index in [0.717, 1.165) is 0 Å². The van der Waals surface area contributed by atoms with Gasteiger partial charge in [-0.15, -0.1) is 0 Å². The molecule has 0 rings (SSSR count). The lowest BCUT2D eigenvalue weighted by atomic mass is 10.5. The maximum atomic E-state index is 11.1. The van der Waals surface area contributed by atoms with Crippen molar-refractivity contribution in [2.45, 2.75) is 13.8 Å². The quantitative estimate of drug-likeness (QED) is 0.340. The first-order chi connectivity index (χ1) is 6.11. The lowest BCUT2D eigenvalue weighted by molar-refractivity contribution is -0.239. The SMILES string of the molecule is CCN(CC)/C([O-])=N/OCS(C)=O. The van der Waals surface area contributed by atoms with E-state index in [9.17, 15) is 9.32 Å². The van der Waals surface area contributed by atoms with Crippen LogP contribution < -0.4 is 5.11 Å². The van der Waals surface area contributed by atoms with Crippen LogP contribution in [-0.2, 0) is 15.6 Å². The normalized spacial score (nSPS) is 13.9. The third-order valence-electron chi connectivity index (χ3n) is 1.40. The summed E-state index contributed by atoms with van der Waals surface area (Å²) in [4.78, 5) is 6.09. The lowest BCUT2D eigenvalue weighted by Crippen LogP contribution is -2.39. The minimum atomic E-state index is -1.09. The average molecular weight is 207 g/mol. The molecule has 0 aliphatic heterocycles. The Labute approximate surface area is 80.8 Å². The van der Waals surface area contributed by atoms with Gasteiger partial charge in [-0.05, 0) is 13.8 Å². The Morgan fingerprint density at radius 1 is 1.54 bits per heavy atom. The largest absolute Gasteiger partial charge is 0.844 e. The van der Waals surface area contributed by atoms with Gasteiger partial charge in [-0.25, -0.2) is 0 Å². The van der Waals surface area contributed by atoms with Crippen LogP contribution >= 0.6 is 0 Å². The molecular formula is C7H15N2O3S-. The molecule has 0 aromatic carbocycles. The molecule has 0 saturated heterocycles. The van der Waals surface area contributed by atoms with Crippen molar-refractivity contribution in [1.29, 1.82) is 0 Å². The van der Waals surface area contributed by atoms with E-state index in [1.165, 1.54) is 11.2 Å². The average Bonchev–Trinajstić information content (AvgIpc) is 2.05. The monoisotopic (exact) mass is 207 g/mol. The van der Waals surface area contributed by atoms with Crippen LogP contribution in [0, 0.1) is 0 Å². The molecule has 0 N–H and O–H groups in total. The van der Waals surface area contributed by atoms with Crippen molar-refractivity contribution >= 4 is 16.8 Å². The second kappa shape index (κ2) is 6.71. The molecule has 0 amide bonds. The summed E-state index contributed by atoms with van der Waals surface area (Å²) in [6, 6.07) is -0.421. The van der Waals surface area contributed by atoms with Gasteiger partial charge in [-0.2, -0.15) is 0 Å². The van der Waals surface area contributed by atoms with Gasteiger partial charge >= 0.3 is 0 Å². The topological polar surface area (TPSA) is 65.0 Å². The van der Waals surface area contributed by atoms with Gasteiger partial charge in [0.1, 0.15) is 0 Å². The van der Waals surface area contributed by atoms with Crippen molar-refractivity contribution in [1.82, 2.24) is 4.90 Å². The van der Waals surface area contributed by atoms with Gasteiger partial charge in [0, 0.05) is 19.3 Å². The summed E-state index contributed by atoms with van der Waals surface area (Å²) in [5.74, 6) is -0.0347. The molecule has 0 aromatic heterocycles. The van der Waals surface area contributed by atoms with Gasteiger partial charge in [0.05, 0.1) is 16.8 Å².